The van der Waals surface area contributed by atoms with E-state index in [1.807, 2.05) is 11.4 Å². The number of nitrogens with two attached hydrogens (primary N) is 1. The quantitative estimate of drug-likeness (QED) is 0.884. The molecule has 2 aromatic heterocycles. The molecule has 0 radical (unpaired) electrons. The Hall–Kier alpha value is -1.53. The van der Waals surface area contributed by atoms with Gasteiger partial charge < -0.3 is 15.6 Å². The molecule has 0 fully saturated rings. The number of thiophene rings is 2. The van der Waals surface area contributed by atoms with Crippen molar-refractivity contribution < 1.29 is 14.6 Å². The topological polar surface area (TPSA) is 72.5 Å². The lowest BCUT2D eigenvalue weighted by Gasteiger charge is -1.90. The molecule has 6 heteroatoms. The normalized spacial score (nSPS) is 10.3. The maximum Gasteiger partial charge on any atom is 0.348 e. The van der Waals surface area contributed by atoms with Crippen molar-refractivity contribution in [2.75, 3.05) is 12.8 Å². The number of carbonyl (C=O) groups is 1. The lowest BCUT2D eigenvalue weighted by Crippen LogP contribution is -1.96. The molecule has 2 heterocycles. The molecule has 16 heavy (non-hydrogen) atoms. The highest BCUT2D eigenvalue weighted by Crippen LogP contribution is 2.38. The van der Waals surface area contributed by atoms with Gasteiger partial charge >= 0.3 is 5.97 Å². The summed E-state index contributed by atoms with van der Waals surface area (Å²) in [6, 6.07) is 3.54. The largest absolute Gasteiger partial charge is 0.496 e. The van der Waals surface area contributed by atoms with Gasteiger partial charge in [0.05, 0.1) is 12.8 Å². The molecule has 0 aliphatic heterocycles. The van der Waals surface area contributed by atoms with Gasteiger partial charge in [0, 0.05) is 15.1 Å². The van der Waals surface area contributed by atoms with E-state index in [0.717, 1.165) is 15.5 Å². The van der Waals surface area contributed by atoms with Gasteiger partial charge in [-0.25, -0.2) is 4.79 Å². The van der Waals surface area contributed by atoms with Gasteiger partial charge in [-0.2, -0.15) is 0 Å². The molecule has 0 saturated carbocycles. The summed E-state index contributed by atoms with van der Waals surface area (Å²) in [7, 11) is 1.59. The minimum Gasteiger partial charge on any atom is -0.496 e. The minimum absolute atomic E-state index is 0.183. The second-order valence-corrected chi connectivity index (χ2v) is 5.01. The number of hydrogen-bond acceptors (Lipinski definition) is 5. The van der Waals surface area contributed by atoms with Gasteiger partial charge in [0.25, 0.3) is 0 Å². The SMILES string of the molecule is COc1csc(-c2cc(N)c(C(=O)O)s2)c1. The molecule has 2 aromatic rings. The predicted molar refractivity (Wildman–Crippen MR) is 65.6 cm³/mol. The van der Waals surface area contributed by atoms with Crippen molar-refractivity contribution in [3.8, 4) is 15.5 Å². The van der Waals surface area contributed by atoms with E-state index >= 15 is 0 Å². The van der Waals surface area contributed by atoms with Crippen molar-refractivity contribution in [1.29, 1.82) is 0 Å². The van der Waals surface area contributed by atoms with Crippen molar-refractivity contribution in [2.24, 2.45) is 0 Å². The Morgan fingerprint density at radius 3 is 2.69 bits per heavy atom. The summed E-state index contributed by atoms with van der Waals surface area (Å²) in [5.41, 5.74) is 5.93. The third-order valence-corrected chi connectivity index (χ3v) is 4.25. The second kappa shape index (κ2) is 4.15. The Labute approximate surface area is 99.9 Å². The first-order valence-corrected chi connectivity index (χ1v) is 6.07. The summed E-state index contributed by atoms with van der Waals surface area (Å²) < 4.78 is 5.07. The number of carboxylic acids is 1. The van der Waals surface area contributed by atoms with Crippen LogP contribution < -0.4 is 10.5 Å². The second-order valence-electron chi connectivity index (χ2n) is 3.05. The van der Waals surface area contributed by atoms with E-state index in [4.69, 9.17) is 15.6 Å². The zero-order valence-electron chi connectivity index (χ0n) is 8.39. The van der Waals surface area contributed by atoms with Crippen LogP contribution in [0.15, 0.2) is 17.5 Å². The highest BCUT2D eigenvalue weighted by atomic mass is 32.1. The average molecular weight is 255 g/mol. The fourth-order valence-electron chi connectivity index (χ4n) is 1.25. The smallest absolute Gasteiger partial charge is 0.348 e. The summed E-state index contributed by atoms with van der Waals surface area (Å²) >= 11 is 2.67. The molecule has 0 aliphatic rings. The van der Waals surface area contributed by atoms with Crippen molar-refractivity contribution in [2.45, 2.75) is 0 Å². The maximum absolute atomic E-state index is 10.8. The van der Waals surface area contributed by atoms with Gasteiger partial charge in [-0.05, 0) is 12.1 Å². The third kappa shape index (κ3) is 1.89. The summed E-state index contributed by atoms with van der Waals surface area (Å²) in [5, 5.41) is 10.8. The first-order chi connectivity index (χ1) is 7.61. The van der Waals surface area contributed by atoms with E-state index in [1.54, 1.807) is 13.2 Å². The molecule has 0 aromatic carbocycles. The van der Waals surface area contributed by atoms with Crippen LogP contribution in [0.5, 0.6) is 5.75 Å². The molecule has 0 amide bonds. The van der Waals surface area contributed by atoms with Gasteiger partial charge in [0.1, 0.15) is 10.6 Å². The number of hydrogen-bond donors (Lipinski definition) is 2. The number of methoxy groups -OCH3 is 1. The first-order valence-electron chi connectivity index (χ1n) is 4.37. The van der Waals surface area contributed by atoms with Gasteiger partial charge in [-0.1, -0.05) is 0 Å². The van der Waals surface area contributed by atoms with Crippen LogP contribution in [-0.2, 0) is 0 Å². The van der Waals surface area contributed by atoms with Crippen molar-refractivity contribution in [1.82, 2.24) is 0 Å². The van der Waals surface area contributed by atoms with Crippen LogP contribution >= 0.6 is 22.7 Å². The summed E-state index contributed by atoms with van der Waals surface area (Å²) in [4.78, 5) is 12.8. The fraction of sp³-hybridized carbons (Fsp3) is 0.100. The first kappa shape index (κ1) is 11.0. The predicted octanol–water partition coefficient (Wildman–Crippen LogP) is 2.77. The van der Waals surface area contributed by atoms with Crippen LogP contribution in [0, 0.1) is 0 Å². The van der Waals surface area contributed by atoms with Gasteiger partial charge in [-0.3, -0.25) is 0 Å². The zero-order valence-corrected chi connectivity index (χ0v) is 10.0. The molecular formula is C10H9NO3S2. The van der Waals surface area contributed by atoms with Crippen LogP contribution in [0.1, 0.15) is 9.67 Å². The third-order valence-electron chi connectivity index (χ3n) is 2.01. The van der Waals surface area contributed by atoms with E-state index in [1.165, 1.54) is 22.7 Å². The van der Waals surface area contributed by atoms with E-state index in [0.29, 0.717) is 5.69 Å². The van der Waals surface area contributed by atoms with E-state index in [9.17, 15) is 4.79 Å². The number of nitrogen functional groups attached to an aromatic ring is 1. The van der Waals surface area contributed by atoms with Crippen molar-refractivity contribution in [3.05, 3.63) is 22.4 Å². The average Bonchev–Trinajstić information content (AvgIpc) is 2.83. The monoisotopic (exact) mass is 255 g/mol. The molecule has 0 bridgehead atoms. The number of ether oxygens (including phenoxy) is 1. The lowest BCUT2D eigenvalue weighted by atomic mass is 10.3. The molecule has 3 N–H and O–H groups in total. The molecule has 0 unspecified atom stereocenters. The summed E-state index contributed by atoms with van der Waals surface area (Å²) in [5.74, 6) is -0.221. The molecule has 0 saturated heterocycles. The van der Waals surface area contributed by atoms with Crippen LogP contribution in [0.4, 0.5) is 5.69 Å². The number of anilines is 1. The Bertz CT molecular complexity index is 530. The highest BCUT2D eigenvalue weighted by Gasteiger charge is 2.15. The van der Waals surface area contributed by atoms with E-state index in [-0.39, 0.29) is 4.88 Å². The number of aromatic carboxylic acids is 1. The molecule has 84 valence electrons. The zero-order chi connectivity index (χ0) is 11.7. The van der Waals surface area contributed by atoms with Gasteiger partial charge in [0.15, 0.2) is 0 Å². The Kier molecular flexibility index (Phi) is 2.84. The Balaban J connectivity index is 2.41. The lowest BCUT2D eigenvalue weighted by molar-refractivity contribution is 0.0703. The minimum atomic E-state index is -0.989. The van der Waals surface area contributed by atoms with Crippen LogP contribution in [-0.4, -0.2) is 18.2 Å². The van der Waals surface area contributed by atoms with E-state index < -0.39 is 5.97 Å². The van der Waals surface area contributed by atoms with E-state index in [2.05, 4.69) is 0 Å². The Morgan fingerprint density at radius 1 is 1.44 bits per heavy atom. The molecular weight excluding hydrogens is 246 g/mol. The standard InChI is InChI=1S/C10H9NO3S2/c1-14-5-2-7(15-4-5)8-3-6(11)9(16-8)10(12)13/h2-4H,11H2,1H3,(H,12,13). The molecule has 0 atom stereocenters. The molecule has 2 rings (SSSR count). The molecule has 0 spiro atoms. The maximum atomic E-state index is 10.8. The van der Waals surface area contributed by atoms with Gasteiger partial charge in [0.2, 0.25) is 0 Å². The van der Waals surface area contributed by atoms with Crippen molar-refractivity contribution in [3.63, 3.8) is 0 Å². The molecule has 4 nitrogen and oxygen atoms in total. The number of rotatable bonds is 3. The highest BCUT2D eigenvalue weighted by molar-refractivity contribution is 7.22. The van der Waals surface area contributed by atoms with Crippen LogP contribution in [0.2, 0.25) is 0 Å². The summed E-state index contributed by atoms with van der Waals surface area (Å²) in [6.45, 7) is 0. The molecule has 0 aliphatic carbocycles. The van der Waals surface area contributed by atoms with Gasteiger partial charge in [-0.15, -0.1) is 22.7 Å². The number of carboxylic acid groups (broad SMARTS) is 1. The summed E-state index contributed by atoms with van der Waals surface area (Å²) in [6.07, 6.45) is 0. The van der Waals surface area contributed by atoms with Crippen LogP contribution in [0.3, 0.4) is 0 Å². The van der Waals surface area contributed by atoms with Crippen LogP contribution in [0.25, 0.3) is 9.75 Å². The fourth-order valence-corrected chi connectivity index (χ4v) is 3.11. The van der Waals surface area contributed by atoms with Crippen molar-refractivity contribution >= 4 is 34.3 Å². The Morgan fingerprint density at radius 2 is 2.19 bits per heavy atom.